The van der Waals surface area contributed by atoms with Crippen LogP contribution in [-0.2, 0) is 4.74 Å². The molecule has 1 fully saturated rings. The molecular formula is C16H28BrClO3. The van der Waals surface area contributed by atoms with Gasteiger partial charge in [-0.05, 0) is 53.4 Å². The first kappa shape index (κ1) is 19.4. The predicted octanol–water partition coefficient (Wildman–Crippen LogP) is 3.78. The summed E-state index contributed by atoms with van der Waals surface area (Å²) >= 11 is 9.85. The van der Waals surface area contributed by atoms with Crippen LogP contribution >= 0.6 is 27.5 Å². The molecule has 0 bridgehead atoms. The second-order valence-electron chi connectivity index (χ2n) is 7.07. The smallest absolute Gasteiger partial charge is 0.101 e. The largest absolute Gasteiger partial charge is 0.387 e. The van der Waals surface area contributed by atoms with Crippen LogP contribution in [0.3, 0.4) is 0 Å². The van der Waals surface area contributed by atoms with Crippen LogP contribution in [0.5, 0.6) is 0 Å². The maximum atomic E-state index is 10.7. The molecule has 1 aliphatic rings. The first-order valence-electron chi connectivity index (χ1n) is 7.46. The van der Waals surface area contributed by atoms with Gasteiger partial charge in [0.25, 0.3) is 0 Å². The topological polar surface area (TPSA) is 49.7 Å². The highest BCUT2D eigenvalue weighted by molar-refractivity contribution is 9.09. The van der Waals surface area contributed by atoms with E-state index in [2.05, 4.69) is 22.5 Å². The molecule has 2 N–H and O–H groups in total. The molecule has 0 amide bonds. The van der Waals surface area contributed by atoms with E-state index in [0.717, 1.165) is 12.8 Å². The fourth-order valence-electron chi connectivity index (χ4n) is 2.69. The summed E-state index contributed by atoms with van der Waals surface area (Å²) in [5.74, 6) is 0. The minimum atomic E-state index is -0.938. The van der Waals surface area contributed by atoms with Gasteiger partial charge in [0.15, 0.2) is 0 Å². The van der Waals surface area contributed by atoms with Crippen molar-refractivity contribution in [1.82, 2.24) is 0 Å². The predicted molar refractivity (Wildman–Crippen MR) is 91.2 cm³/mol. The van der Waals surface area contributed by atoms with Crippen molar-refractivity contribution in [3.8, 4) is 0 Å². The highest BCUT2D eigenvalue weighted by atomic mass is 79.9. The minimum Gasteiger partial charge on any atom is -0.387 e. The Labute approximate surface area is 141 Å². The van der Waals surface area contributed by atoms with E-state index in [4.69, 9.17) is 16.3 Å². The van der Waals surface area contributed by atoms with Crippen LogP contribution in [0.1, 0.15) is 53.4 Å². The molecular weight excluding hydrogens is 356 g/mol. The van der Waals surface area contributed by atoms with Crippen molar-refractivity contribution >= 4 is 27.5 Å². The third kappa shape index (κ3) is 4.93. The second-order valence-corrected chi connectivity index (χ2v) is 9.15. The van der Waals surface area contributed by atoms with E-state index in [0.29, 0.717) is 12.8 Å². The van der Waals surface area contributed by atoms with E-state index in [1.54, 1.807) is 6.92 Å². The number of aliphatic hydroxyl groups is 2. The first-order chi connectivity index (χ1) is 9.42. The fraction of sp³-hybridized carbons (Fsp3) is 0.875. The number of hydrogen-bond donors (Lipinski definition) is 2. The first-order valence-corrected chi connectivity index (χ1v) is 8.75. The van der Waals surface area contributed by atoms with Gasteiger partial charge in [0.2, 0.25) is 0 Å². The zero-order valence-electron chi connectivity index (χ0n) is 13.4. The molecule has 1 rings (SSSR count). The molecule has 0 spiro atoms. The van der Waals surface area contributed by atoms with Crippen molar-refractivity contribution in [2.24, 2.45) is 0 Å². The van der Waals surface area contributed by atoms with Crippen LogP contribution in [0, 0.1) is 0 Å². The van der Waals surface area contributed by atoms with Gasteiger partial charge in [-0.2, -0.15) is 0 Å². The van der Waals surface area contributed by atoms with Gasteiger partial charge in [-0.15, -0.1) is 18.2 Å². The Bertz CT molecular complexity index is 367. The monoisotopic (exact) mass is 382 g/mol. The molecule has 1 saturated heterocycles. The Kier molecular flexibility index (Phi) is 6.36. The zero-order chi connectivity index (χ0) is 16.5. The standard InChI is InChI=1S/C16H28BrClO3/c1-6-12(19)16(5)10-8-13(21-16)15(4,20)9-7-11(17)14(2,3)18/h6,11-13,19-20H,1,7-10H2,2-5H3/t11-,12-,13-,15+,16+/m1/s1. The molecule has 1 aliphatic heterocycles. The van der Waals surface area contributed by atoms with Crippen LogP contribution < -0.4 is 0 Å². The van der Waals surface area contributed by atoms with Gasteiger partial charge < -0.3 is 14.9 Å². The van der Waals surface area contributed by atoms with Crippen molar-refractivity contribution < 1.29 is 14.9 Å². The Balaban J connectivity index is 2.62. The molecule has 0 saturated carbocycles. The molecule has 1 heterocycles. The number of halogens is 2. The number of ether oxygens (including phenoxy) is 1. The number of hydrogen-bond acceptors (Lipinski definition) is 3. The number of aliphatic hydroxyl groups excluding tert-OH is 1. The summed E-state index contributed by atoms with van der Waals surface area (Å²) in [6.07, 6.45) is 3.26. The van der Waals surface area contributed by atoms with Crippen molar-refractivity contribution in [3.05, 3.63) is 12.7 Å². The van der Waals surface area contributed by atoms with Crippen molar-refractivity contribution in [1.29, 1.82) is 0 Å². The third-order valence-electron chi connectivity index (χ3n) is 4.51. The Morgan fingerprint density at radius 1 is 1.52 bits per heavy atom. The molecule has 5 heteroatoms. The highest BCUT2D eigenvalue weighted by Crippen LogP contribution is 2.40. The lowest BCUT2D eigenvalue weighted by atomic mass is 9.88. The Hall–Kier alpha value is 0.390. The minimum absolute atomic E-state index is 0.115. The Morgan fingerprint density at radius 3 is 2.57 bits per heavy atom. The molecule has 21 heavy (non-hydrogen) atoms. The van der Waals surface area contributed by atoms with Gasteiger partial charge in [0.05, 0.1) is 22.2 Å². The lowest BCUT2D eigenvalue weighted by molar-refractivity contribution is -0.151. The summed E-state index contributed by atoms with van der Waals surface area (Å²) in [6.45, 7) is 11.2. The molecule has 0 aliphatic carbocycles. The van der Waals surface area contributed by atoms with Gasteiger partial charge in [-0.1, -0.05) is 22.0 Å². The fourth-order valence-corrected chi connectivity index (χ4v) is 3.03. The van der Waals surface area contributed by atoms with Crippen LogP contribution in [0.4, 0.5) is 0 Å². The molecule has 0 aromatic rings. The summed E-state index contributed by atoms with van der Waals surface area (Å²) < 4.78 is 5.96. The average molecular weight is 384 g/mol. The van der Waals surface area contributed by atoms with Gasteiger partial charge in [-0.3, -0.25) is 0 Å². The average Bonchev–Trinajstić information content (AvgIpc) is 2.78. The summed E-state index contributed by atoms with van der Waals surface area (Å²) in [6, 6.07) is 0. The number of alkyl halides is 2. The van der Waals surface area contributed by atoms with E-state index in [9.17, 15) is 10.2 Å². The lowest BCUT2D eigenvalue weighted by Gasteiger charge is -2.35. The SMILES string of the molecule is C=C[C@@H](O)[C@]1(C)CC[C@H]([C@@](C)(O)CC[C@@H](Br)C(C)(C)Cl)O1. The summed E-state index contributed by atoms with van der Waals surface area (Å²) in [4.78, 5) is -0.245. The maximum absolute atomic E-state index is 10.7. The molecule has 5 atom stereocenters. The van der Waals surface area contributed by atoms with E-state index in [1.165, 1.54) is 6.08 Å². The van der Waals surface area contributed by atoms with E-state index < -0.39 is 17.3 Å². The molecule has 3 nitrogen and oxygen atoms in total. The molecule has 0 aromatic heterocycles. The van der Waals surface area contributed by atoms with Crippen LogP contribution in [0.25, 0.3) is 0 Å². The zero-order valence-corrected chi connectivity index (χ0v) is 15.7. The Morgan fingerprint density at radius 2 is 2.10 bits per heavy atom. The normalized spacial score (nSPS) is 32.5. The molecule has 0 radical (unpaired) electrons. The summed E-state index contributed by atoms with van der Waals surface area (Å²) in [5, 5.41) is 20.7. The lowest BCUT2D eigenvalue weighted by Crippen LogP contribution is -2.45. The summed E-state index contributed by atoms with van der Waals surface area (Å²) in [5.41, 5.74) is -1.59. The molecule has 124 valence electrons. The molecule has 0 unspecified atom stereocenters. The molecule has 0 aromatic carbocycles. The summed E-state index contributed by atoms with van der Waals surface area (Å²) in [7, 11) is 0. The van der Waals surface area contributed by atoms with E-state index in [1.807, 2.05) is 20.8 Å². The van der Waals surface area contributed by atoms with Gasteiger partial charge in [-0.25, -0.2) is 0 Å². The second kappa shape index (κ2) is 6.88. The van der Waals surface area contributed by atoms with Gasteiger partial charge >= 0.3 is 0 Å². The number of rotatable bonds is 7. The maximum Gasteiger partial charge on any atom is 0.101 e. The van der Waals surface area contributed by atoms with Crippen LogP contribution in [0.2, 0.25) is 0 Å². The van der Waals surface area contributed by atoms with Crippen LogP contribution in [0.15, 0.2) is 12.7 Å². The quantitative estimate of drug-likeness (QED) is 0.519. The highest BCUT2D eigenvalue weighted by Gasteiger charge is 2.47. The third-order valence-corrected chi connectivity index (χ3v) is 6.64. The van der Waals surface area contributed by atoms with Crippen LogP contribution in [-0.4, -0.2) is 43.3 Å². The van der Waals surface area contributed by atoms with Gasteiger partial charge in [0.1, 0.15) is 6.10 Å². The van der Waals surface area contributed by atoms with Crippen molar-refractivity contribution in [2.45, 2.75) is 86.5 Å². The van der Waals surface area contributed by atoms with E-state index >= 15 is 0 Å². The van der Waals surface area contributed by atoms with Gasteiger partial charge in [0, 0.05) is 4.83 Å². The van der Waals surface area contributed by atoms with E-state index in [-0.39, 0.29) is 15.8 Å². The van der Waals surface area contributed by atoms with Crippen molar-refractivity contribution in [3.63, 3.8) is 0 Å². The van der Waals surface area contributed by atoms with Crippen molar-refractivity contribution in [2.75, 3.05) is 0 Å².